The predicted octanol–water partition coefficient (Wildman–Crippen LogP) is 0.449. The van der Waals surface area contributed by atoms with E-state index in [1.807, 2.05) is 0 Å². The Labute approximate surface area is 68.6 Å². The number of anilines is 1. The van der Waals surface area contributed by atoms with Crippen LogP contribution in [0.2, 0.25) is 0 Å². The Kier molecular flexibility index (Phi) is 1.24. The Morgan fingerprint density at radius 2 is 2.25 bits per heavy atom. The van der Waals surface area contributed by atoms with Gasteiger partial charge in [0.05, 0.1) is 10.9 Å². The van der Waals surface area contributed by atoms with Gasteiger partial charge in [0, 0.05) is 12.7 Å². The van der Waals surface area contributed by atoms with E-state index >= 15 is 0 Å². The van der Waals surface area contributed by atoms with Gasteiger partial charge in [0.15, 0.2) is 0 Å². The van der Waals surface area contributed by atoms with E-state index in [-0.39, 0.29) is 5.56 Å². The van der Waals surface area contributed by atoms with Crippen molar-refractivity contribution >= 4 is 16.6 Å². The molecular formula is C8H9N3O. The van der Waals surface area contributed by atoms with Crippen LogP contribution in [-0.2, 0) is 7.05 Å². The second-order valence-electron chi connectivity index (χ2n) is 2.78. The van der Waals surface area contributed by atoms with Crippen molar-refractivity contribution in [1.29, 1.82) is 0 Å². The first kappa shape index (κ1) is 6.97. The van der Waals surface area contributed by atoms with Gasteiger partial charge in [0.25, 0.3) is 5.56 Å². The van der Waals surface area contributed by atoms with Crippen molar-refractivity contribution in [3.05, 3.63) is 28.6 Å². The molecular weight excluding hydrogens is 154 g/mol. The number of nitrogens with zero attached hydrogens (tertiary/aromatic N) is 1. The molecule has 0 radical (unpaired) electrons. The molecule has 0 atom stereocenters. The van der Waals surface area contributed by atoms with Gasteiger partial charge in [-0.1, -0.05) is 0 Å². The van der Waals surface area contributed by atoms with Crippen molar-refractivity contribution in [3.63, 3.8) is 0 Å². The highest BCUT2D eigenvalue weighted by Crippen LogP contribution is 2.12. The molecule has 1 aromatic carbocycles. The van der Waals surface area contributed by atoms with Gasteiger partial charge in [-0.15, -0.1) is 0 Å². The first-order chi connectivity index (χ1) is 5.68. The highest BCUT2D eigenvalue weighted by atomic mass is 16.1. The summed E-state index contributed by atoms with van der Waals surface area (Å²) in [5.41, 5.74) is 6.99. The van der Waals surface area contributed by atoms with Crippen LogP contribution in [0.25, 0.3) is 10.9 Å². The molecule has 3 N–H and O–H groups in total. The molecule has 0 unspecified atom stereocenters. The Hall–Kier alpha value is -1.71. The summed E-state index contributed by atoms with van der Waals surface area (Å²) in [6.45, 7) is 0. The number of rotatable bonds is 0. The molecule has 62 valence electrons. The molecule has 1 heterocycles. The van der Waals surface area contributed by atoms with E-state index in [0.29, 0.717) is 11.1 Å². The van der Waals surface area contributed by atoms with Crippen molar-refractivity contribution < 1.29 is 0 Å². The second kappa shape index (κ2) is 2.14. The minimum absolute atomic E-state index is 0.0764. The molecule has 4 heteroatoms. The van der Waals surface area contributed by atoms with E-state index in [4.69, 9.17) is 5.73 Å². The third-order valence-electron chi connectivity index (χ3n) is 1.90. The van der Waals surface area contributed by atoms with E-state index in [2.05, 4.69) is 5.10 Å². The molecule has 2 rings (SSSR count). The van der Waals surface area contributed by atoms with E-state index in [1.165, 1.54) is 0 Å². The lowest BCUT2D eigenvalue weighted by molar-refractivity contribution is 0.783. The molecule has 0 saturated heterocycles. The molecule has 4 nitrogen and oxygen atoms in total. The minimum atomic E-state index is -0.0764. The van der Waals surface area contributed by atoms with Crippen LogP contribution < -0.4 is 11.3 Å². The van der Waals surface area contributed by atoms with Crippen molar-refractivity contribution in [2.24, 2.45) is 7.05 Å². The van der Waals surface area contributed by atoms with E-state index in [9.17, 15) is 4.79 Å². The summed E-state index contributed by atoms with van der Waals surface area (Å²) in [6.07, 6.45) is 0. The van der Waals surface area contributed by atoms with Crippen molar-refractivity contribution in [1.82, 2.24) is 9.78 Å². The number of hydrogen-bond acceptors (Lipinski definition) is 2. The smallest absolute Gasteiger partial charge is 0.271 e. The number of H-pyrrole nitrogens is 1. The monoisotopic (exact) mass is 163 g/mol. The predicted molar refractivity (Wildman–Crippen MR) is 48.0 cm³/mol. The molecule has 0 aliphatic rings. The van der Waals surface area contributed by atoms with Crippen LogP contribution in [0.5, 0.6) is 0 Å². The quantitative estimate of drug-likeness (QED) is 0.554. The van der Waals surface area contributed by atoms with Crippen LogP contribution >= 0.6 is 0 Å². The summed E-state index contributed by atoms with van der Waals surface area (Å²) < 4.78 is 1.66. The van der Waals surface area contributed by atoms with Crippen LogP contribution in [0, 0.1) is 0 Å². The zero-order chi connectivity index (χ0) is 8.72. The maximum absolute atomic E-state index is 11.2. The number of nitrogens with two attached hydrogens (primary N) is 1. The molecule has 0 amide bonds. The first-order valence-corrected chi connectivity index (χ1v) is 3.63. The number of nitrogens with one attached hydrogen (secondary N) is 1. The Balaban J connectivity index is 3.00. The number of aromatic amines is 1. The fourth-order valence-corrected chi connectivity index (χ4v) is 1.29. The second-order valence-corrected chi connectivity index (χ2v) is 2.78. The number of nitrogen functional groups attached to an aromatic ring is 1. The third kappa shape index (κ3) is 0.812. The van der Waals surface area contributed by atoms with Crippen LogP contribution in [0.4, 0.5) is 5.69 Å². The summed E-state index contributed by atoms with van der Waals surface area (Å²) in [4.78, 5) is 11.2. The van der Waals surface area contributed by atoms with Gasteiger partial charge >= 0.3 is 0 Å². The summed E-state index contributed by atoms with van der Waals surface area (Å²) in [6, 6.07) is 5.22. The van der Waals surface area contributed by atoms with Crippen LogP contribution in [-0.4, -0.2) is 9.78 Å². The van der Waals surface area contributed by atoms with E-state index < -0.39 is 0 Å². The fraction of sp³-hybridized carbons (Fsp3) is 0.125. The molecule has 1 aromatic heterocycles. The van der Waals surface area contributed by atoms with Gasteiger partial charge in [-0.25, -0.2) is 0 Å². The van der Waals surface area contributed by atoms with Gasteiger partial charge in [-0.3, -0.25) is 14.6 Å². The topological polar surface area (TPSA) is 63.8 Å². The van der Waals surface area contributed by atoms with Gasteiger partial charge in [0.1, 0.15) is 0 Å². The number of aromatic nitrogens is 2. The lowest BCUT2D eigenvalue weighted by Crippen LogP contribution is -2.01. The zero-order valence-electron chi connectivity index (χ0n) is 6.66. The van der Waals surface area contributed by atoms with Crippen LogP contribution in [0.15, 0.2) is 23.0 Å². The molecule has 0 fully saturated rings. The Morgan fingerprint density at radius 1 is 1.50 bits per heavy atom. The van der Waals surface area contributed by atoms with Crippen LogP contribution in [0.3, 0.4) is 0 Å². The SMILES string of the molecule is Cn1[nH]c(=O)c2ccc(N)cc21. The van der Waals surface area contributed by atoms with E-state index in [0.717, 1.165) is 5.52 Å². The van der Waals surface area contributed by atoms with Gasteiger partial charge in [-0.2, -0.15) is 0 Å². The van der Waals surface area contributed by atoms with Crippen molar-refractivity contribution in [2.45, 2.75) is 0 Å². The van der Waals surface area contributed by atoms with Crippen molar-refractivity contribution in [2.75, 3.05) is 5.73 Å². The molecule has 0 aliphatic heterocycles. The molecule has 0 aliphatic carbocycles. The van der Waals surface area contributed by atoms with Gasteiger partial charge < -0.3 is 5.73 Å². The Morgan fingerprint density at radius 3 is 3.00 bits per heavy atom. The normalized spacial score (nSPS) is 10.8. The summed E-state index contributed by atoms with van der Waals surface area (Å²) in [5.74, 6) is 0. The number of benzene rings is 1. The summed E-state index contributed by atoms with van der Waals surface area (Å²) in [5, 5.41) is 3.32. The molecule has 0 bridgehead atoms. The molecule has 0 spiro atoms. The third-order valence-corrected chi connectivity index (χ3v) is 1.90. The van der Waals surface area contributed by atoms with Crippen LogP contribution in [0.1, 0.15) is 0 Å². The average molecular weight is 163 g/mol. The highest BCUT2D eigenvalue weighted by molar-refractivity contribution is 5.81. The van der Waals surface area contributed by atoms with Gasteiger partial charge in [-0.05, 0) is 18.2 Å². The number of fused-ring (bicyclic) bond motifs is 1. The number of aryl methyl sites for hydroxylation is 1. The Bertz CT molecular complexity index is 480. The summed E-state index contributed by atoms with van der Waals surface area (Å²) in [7, 11) is 1.78. The highest BCUT2D eigenvalue weighted by Gasteiger charge is 2.02. The first-order valence-electron chi connectivity index (χ1n) is 3.63. The standard InChI is InChI=1S/C8H9N3O/c1-11-7-4-5(9)2-3-6(7)8(12)10-11/h2-4H,9H2,1H3,(H,10,12). The average Bonchev–Trinajstić information content (AvgIpc) is 2.28. The zero-order valence-corrected chi connectivity index (χ0v) is 6.66. The maximum atomic E-state index is 11.2. The fourth-order valence-electron chi connectivity index (χ4n) is 1.29. The molecule has 12 heavy (non-hydrogen) atoms. The maximum Gasteiger partial charge on any atom is 0.271 e. The molecule has 0 saturated carbocycles. The van der Waals surface area contributed by atoms with Crippen molar-refractivity contribution in [3.8, 4) is 0 Å². The largest absolute Gasteiger partial charge is 0.399 e. The lowest BCUT2D eigenvalue weighted by atomic mass is 10.2. The summed E-state index contributed by atoms with van der Waals surface area (Å²) >= 11 is 0. The molecule has 2 aromatic rings. The lowest BCUT2D eigenvalue weighted by Gasteiger charge is -1.94. The van der Waals surface area contributed by atoms with Gasteiger partial charge in [0.2, 0.25) is 0 Å². The number of hydrogen-bond donors (Lipinski definition) is 2. The minimum Gasteiger partial charge on any atom is -0.399 e. The van der Waals surface area contributed by atoms with E-state index in [1.54, 1.807) is 29.9 Å².